The Labute approximate surface area is 114 Å². The summed E-state index contributed by atoms with van der Waals surface area (Å²) in [6, 6.07) is 9.81. The summed E-state index contributed by atoms with van der Waals surface area (Å²) in [5.74, 6) is 6.10. The highest BCUT2D eigenvalue weighted by atomic mass is 16.2. The molecule has 0 atom stereocenters. The molecule has 4 heteroatoms. The van der Waals surface area contributed by atoms with E-state index in [0.29, 0.717) is 6.54 Å². The highest BCUT2D eigenvalue weighted by Crippen LogP contribution is 2.19. The van der Waals surface area contributed by atoms with Gasteiger partial charge in [-0.25, -0.2) is 4.79 Å². The quantitative estimate of drug-likeness (QED) is 0.767. The van der Waals surface area contributed by atoms with Gasteiger partial charge in [0.2, 0.25) is 0 Å². The standard InChI is InChI=1S/C15H19N3O/c1-16(2)10-6-7-11-17-12-13-18(15(17)19)14-8-4-3-5-9-14/h3-5,8-9H,10-13H2,1-2H3. The van der Waals surface area contributed by atoms with Crippen LogP contribution in [0.15, 0.2) is 30.3 Å². The summed E-state index contributed by atoms with van der Waals surface area (Å²) in [6.45, 7) is 2.71. The predicted octanol–water partition coefficient (Wildman–Crippen LogP) is 1.49. The summed E-state index contributed by atoms with van der Waals surface area (Å²) in [4.78, 5) is 17.8. The van der Waals surface area contributed by atoms with Gasteiger partial charge in [-0.15, -0.1) is 0 Å². The molecule has 1 heterocycles. The second-order valence-corrected chi connectivity index (χ2v) is 4.78. The zero-order valence-corrected chi connectivity index (χ0v) is 11.5. The predicted molar refractivity (Wildman–Crippen MR) is 77.1 cm³/mol. The van der Waals surface area contributed by atoms with Gasteiger partial charge in [0, 0.05) is 18.8 Å². The van der Waals surface area contributed by atoms with E-state index in [1.807, 2.05) is 49.3 Å². The normalized spacial score (nSPS) is 14.8. The van der Waals surface area contributed by atoms with E-state index in [1.165, 1.54) is 0 Å². The van der Waals surface area contributed by atoms with Gasteiger partial charge in [0.25, 0.3) is 0 Å². The van der Waals surface area contributed by atoms with E-state index in [1.54, 1.807) is 9.80 Å². The molecule has 1 saturated heterocycles. The summed E-state index contributed by atoms with van der Waals surface area (Å²) in [5.41, 5.74) is 0.955. The molecule has 0 unspecified atom stereocenters. The first-order valence-electron chi connectivity index (χ1n) is 6.40. The van der Waals surface area contributed by atoms with Gasteiger partial charge >= 0.3 is 6.03 Å². The highest BCUT2D eigenvalue weighted by molar-refractivity contribution is 5.94. The van der Waals surface area contributed by atoms with Crippen LogP contribution in [-0.4, -0.2) is 56.1 Å². The van der Waals surface area contributed by atoms with Gasteiger partial charge in [-0.3, -0.25) is 9.80 Å². The van der Waals surface area contributed by atoms with Crippen molar-refractivity contribution in [2.24, 2.45) is 0 Å². The van der Waals surface area contributed by atoms with Gasteiger partial charge < -0.3 is 4.90 Å². The second kappa shape index (κ2) is 6.26. The van der Waals surface area contributed by atoms with Crippen LogP contribution >= 0.6 is 0 Å². The Kier molecular flexibility index (Phi) is 4.43. The molecule has 100 valence electrons. The molecule has 0 aromatic heterocycles. The molecule has 1 aromatic carbocycles. The number of urea groups is 1. The Morgan fingerprint density at radius 2 is 1.89 bits per heavy atom. The van der Waals surface area contributed by atoms with Crippen LogP contribution in [0.4, 0.5) is 10.5 Å². The number of hydrogen-bond acceptors (Lipinski definition) is 2. The summed E-state index contributed by atoms with van der Waals surface area (Å²) < 4.78 is 0. The number of anilines is 1. The van der Waals surface area contributed by atoms with Crippen LogP contribution in [0.1, 0.15) is 0 Å². The minimum atomic E-state index is 0.0466. The highest BCUT2D eigenvalue weighted by Gasteiger charge is 2.28. The van der Waals surface area contributed by atoms with E-state index in [0.717, 1.165) is 25.3 Å². The van der Waals surface area contributed by atoms with E-state index < -0.39 is 0 Å². The van der Waals surface area contributed by atoms with E-state index in [9.17, 15) is 4.79 Å². The number of carbonyl (C=O) groups is 1. The first-order valence-corrected chi connectivity index (χ1v) is 6.40. The largest absolute Gasteiger partial charge is 0.325 e. The van der Waals surface area contributed by atoms with Crippen molar-refractivity contribution < 1.29 is 4.79 Å². The Balaban J connectivity index is 1.93. The fourth-order valence-corrected chi connectivity index (χ4v) is 1.94. The SMILES string of the molecule is CN(C)CC#CCN1CCN(c2ccccc2)C1=O. The Bertz CT molecular complexity index is 487. The fourth-order valence-electron chi connectivity index (χ4n) is 1.94. The summed E-state index contributed by atoms with van der Waals surface area (Å²) >= 11 is 0. The second-order valence-electron chi connectivity index (χ2n) is 4.78. The number of benzene rings is 1. The van der Waals surface area contributed by atoms with Crippen molar-refractivity contribution in [3.05, 3.63) is 30.3 Å². The van der Waals surface area contributed by atoms with Gasteiger partial charge in [-0.2, -0.15) is 0 Å². The average molecular weight is 257 g/mol. The van der Waals surface area contributed by atoms with Crippen LogP contribution in [0.5, 0.6) is 0 Å². The molecule has 0 saturated carbocycles. The summed E-state index contributed by atoms with van der Waals surface area (Å²) in [5, 5.41) is 0. The molecule has 1 aromatic rings. The summed E-state index contributed by atoms with van der Waals surface area (Å²) in [7, 11) is 3.96. The zero-order chi connectivity index (χ0) is 13.7. The van der Waals surface area contributed by atoms with Crippen molar-refractivity contribution in [2.75, 3.05) is 45.2 Å². The third-order valence-electron chi connectivity index (χ3n) is 2.95. The first-order chi connectivity index (χ1) is 9.18. The number of nitrogens with zero attached hydrogens (tertiary/aromatic N) is 3. The molecule has 19 heavy (non-hydrogen) atoms. The average Bonchev–Trinajstić information content (AvgIpc) is 2.77. The van der Waals surface area contributed by atoms with Crippen LogP contribution in [0.25, 0.3) is 0 Å². The van der Waals surface area contributed by atoms with Crippen LogP contribution in [0.2, 0.25) is 0 Å². The smallest absolute Gasteiger partial charge is 0.311 e. The lowest BCUT2D eigenvalue weighted by Crippen LogP contribution is -2.32. The van der Waals surface area contributed by atoms with E-state index in [-0.39, 0.29) is 6.03 Å². The maximum Gasteiger partial charge on any atom is 0.325 e. The van der Waals surface area contributed by atoms with E-state index in [2.05, 4.69) is 11.8 Å². The minimum Gasteiger partial charge on any atom is -0.311 e. The molecule has 4 nitrogen and oxygen atoms in total. The molecule has 2 amide bonds. The molecule has 0 N–H and O–H groups in total. The number of para-hydroxylation sites is 1. The molecular weight excluding hydrogens is 238 g/mol. The lowest BCUT2D eigenvalue weighted by Gasteiger charge is -2.16. The van der Waals surface area contributed by atoms with Crippen LogP contribution in [-0.2, 0) is 0 Å². The Hall–Kier alpha value is -1.99. The van der Waals surface area contributed by atoms with Crippen molar-refractivity contribution in [1.29, 1.82) is 0 Å². The minimum absolute atomic E-state index is 0.0466. The number of hydrogen-bond donors (Lipinski definition) is 0. The summed E-state index contributed by atoms with van der Waals surface area (Å²) in [6.07, 6.45) is 0. The first kappa shape index (κ1) is 13.4. The number of carbonyl (C=O) groups excluding carboxylic acids is 1. The van der Waals surface area contributed by atoms with Crippen molar-refractivity contribution in [3.8, 4) is 11.8 Å². The van der Waals surface area contributed by atoms with Gasteiger partial charge in [0.15, 0.2) is 0 Å². The van der Waals surface area contributed by atoms with Gasteiger partial charge in [-0.1, -0.05) is 30.0 Å². The molecule has 0 radical (unpaired) electrons. The third kappa shape index (κ3) is 3.49. The van der Waals surface area contributed by atoms with Crippen LogP contribution in [0, 0.1) is 11.8 Å². The van der Waals surface area contributed by atoms with Crippen LogP contribution in [0.3, 0.4) is 0 Å². The van der Waals surface area contributed by atoms with Gasteiger partial charge in [0.05, 0.1) is 13.1 Å². The van der Waals surface area contributed by atoms with E-state index in [4.69, 9.17) is 0 Å². The van der Waals surface area contributed by atoms with Gasteiger partial charge in [0.1, 0.15) is 0 Å². The molecule has 0 bridgehead atoms. The molecule has 0 spiro atoms. The van der Waals surface area contributed by atoms with E-state index >= 15 is 0 Å². The molecular formula is C15H19N3O. The zero-order valence-electron chi connectivity index (χ0n) is 11.5. The van der Waals surface area contributed by atoms with Gasteiger partial charge in [-0.05, 0) is 26.2 Å². The number of amides is 2. The van der Waals surface area contributed by atoms with Crippen molar-refractivity contribution in [1.82, 2.24) is 9.80 Å². The van der Waals surface area contributed by atoms with Crippen molar-refractivity contribution in [2.45, 2.75) is 0 Å². The molecule has 1 aliphatic rings. The lowest BCUT2D eigenvalue weighted by atomic mass is 10.3. The molecule has 0 aliphatic carbocycles. The van der Waals surface area contributed by atoms with Crippen molar-refractivity contribution >= 4 is 11.7 Å². The third-order valence-corrected chi connectivity index (χ3v) is 2.95. The van der Waals surface area contributed by atoms with Crippen molar-refractivity contribution in [3.63, 3.8) is 0 Å². The molecule has 2 rings (SSSR count). The number of rotatable bonds is 3. The monoisotopic (exact) mass is 257 g/mol. The maximum atomic E-state index is 12.2. The van der Waals surface area contributed by atoms with Crippen LogP contribution < -0.4 is 4.90 Å². The fraction of sp³-hybridized carbons (Fsp3) is 0.400. The Morgan fingerprint density at radius 1 is 1.16 bits per heavy atom. The Morgan fingerprint density at radius 3 is 2.58 bits per heavy atom. The maximum absolute atomic E-state index is 12.2. The lowest BCUT2D eigenvalue weighted by molar-refractivity contribution is 0.225. The molecule has 1 aliphatic heterocycles. The molecule has 1 fully saturated rings. The topological polar surface area (TPSA) is 26.8 Å².